The van der Waals surface area contributed by atoms with Gasteiger partial charge < -0.3 is 5.32 Å². The molecule has 98 valence electrons. The lowest BCUT2D eigenvalue weighted by atomic mass is 9.98. The highest BCUT2D eigenvalue weighted by atomic mass is 32.2. The molecule has 2 aliphatic rings. The molecule has 2 unspecified atom stereocenters. The number of fused-ring (bicyclic) bond motifs is 1. The number of benzene rings is 1. The highest BCUT2D eigenvalue weighted by Gasteiger charge is 2.40. The smallest absolute Gasteiger partial charge is 0.152 e. The van der Waals surface area contributed by atoms with E-state index in [0.717, 1.165) is 12.2 Å². The zero-order chi connectivity index (χ0) is 12.8. The Balaban J connectivity index is 1.79. The summed E-state index contributed by atoms with van der Waals surface area (Å²) in [5, 5.41) is 3.57. The highest BCUT2D eigenvalue weighted by Crippen LogP contribution is 2.39. The molecule has 1 aromatic rings. The molecule has 3 nitrogen and oxygen atoms in total. The molecule has 2 aliphatic heterocycles. The van der Waals surface area contributed by atoms with Crippen molar-refractivity contribution in [1.82, 2.24) is 5.32 Å². The number of hydrogen-bond acceptors (Lipinski definition) is 4. The van der Waals surface area contributed by atoms with Crippen molar-refractivity contribution in [2.45, 2.75) is 29.8 Å². The summed E-state index contributed by atoms with van der Waals surface area (Å²) in [6.07, 6.45) is 0.721. The van der Waals surface area contributed by atoms with Gasteiger partial charge in [0.25, 0.3) is 0 Å². The van der Waals surface area contributed by atoms with Crippen LogP contribution >= 0.6 is 11.8 Å². The van der Waals surface area contributed by atoms with Gasteiger partial charge in [-0.05, 0) is 25.0 Å². The average Bonchev–Trinajstić information content (AvgIpc) is 2.82. The van der Waals surface area contributed by atoms with Crippen molar-refractivity contribution in [3.05, 3.63) is 29.8 Å². The lowest BCUT2D eigenvalue weighted by Crippen LogP contribution is -2.45. The fourth-order valence-corrected chi connectivity index (χ4v) is 6.09. The van der Waals surface area contributed by atoms with Gasteiger partial charge in [-0.15, -0.1) is 11.8 Å². The van der Waals surface area contributed by atoms with Gasteiger partial charge in [0.2, 0.25) is 0 Å². The fourth-order valence-electron chi connectivity index (χ4n) is 2.83. The number of thioether (sulfide) groups is 1. The van der Waals surface area contributed by atoms with Gasteiger partial charge in [0.15, 0.2) is 9.84 Å². The molecule has 1 fully saturated rings. The average molecular weight is 283 g/mol. The molecule has 2 heterocycles. The van der Waals surface area contributed by atoms with E-state index in [9.17, 15) is 8.42 Å². The summed E-state index contributed by atoms with van der Waals surface area (Å²) in [5.41, 5.74) is 1.05. The van der Waals surface area contributed by atoms with E-state index in [0.29, 0.717) is 5.75 Å². The quantitative estimate of drug-likeness (QED) is 0.902. The maximum atomic E-state index is 11.6. The van der Waals surface area contributed by atoms with E-state index in [1.807, 2.05) is 24.8 Å². The van der Waals surface area contributed by atoms with Gasteiger partial charge in [-0.2, -0.15) is 0 Å². The molecule has 0 bridgehead atoms. The minimum absolute atomic E-state index is 0.262. The Bertz CT molecular complexity index is 570. The first-order valence-electron chi connectivity index (χ1n) is 6.17. The lowest BCUT2D eigenvalue weighted by Gasteiger charge is -2.28. The molecule has 0 amide bonds. The maximum Gasteiger partial charge on any atom is 0.152 e. The number of sulfone groups is 1. The molecule has 0 aliphatic carbocycles. The molecular formula is C13H17NO2S2. The van der Waals surface area contributed by atoms with Crippen LogP contribution in [0.2, 0.25) is 0 Å². The van der Waals surface area contributed by atoms with E-state index in [1.165, 1.54) is 10.5 Å². The molecule has 0 aromatic heterocycles. The van der Waals surface area contributed by atoms with Crippen LogP contribution in [-0.4, -0.2) is 31.2 Å². The molecule has 0 radical (unpaired) electrons. The van der Waals surface area contributed by atoms with Gasteiger partial charge in [0, 0.05) is 22.2 Å². The van der Waals surface area contributed by atoms with Crippen LogP contribution in [0.4, 0.5) is 0 Å². The van der Waals surface area contributed by atoms with E-state index >= 15 is 0 Å². The van der Waals surface area contributed by atoms with Gasteiger partial charge in [-0.1, -0.05) is 18.2 Å². The second kappa shape index (κ2) is 4.25. The van der Waals surface area contributed by atoms with Gasteiger partial charge in [-0.25, -0.2) is 8.42 Å². The van der Waals surface area contributed by atoms with E-state index in [-0.39, 0.29) is 17.3 Å². The van der Waals surface area contributed by atoms with Gasteiger partial charge in [0.05, 0.1) is 11.5 Å². The Labute approximate surface area is 112 Å². The number of rotatable bonds is 2. The lowest BCUT2D eigenvalue weighted by molar-refractivity contribution is 0.359. The van der Waals surface area contributed by atoms with Crippen LogP contribution in [-0.2, 0) is 9.84 Å². The predicted octanol–water partition coefficient (Wildman–Crippen LogP) is 2.00. The maximum absolute atomic E-state index is 11.6. The predicted molar refractivity (Wildman–Crippen MR) is 74.7 cm³/mol. The van der Waals surface area contributed by atoms with Crippen molar-refractivity contribution in [3.8, 4) is 0 Å². The third-order valence-corrected chi connectivity index (χ3v) is 6.81. The fraction of sp³-hybridized carbons (Fsp3) is 0.538. The molecule has 0 saturated carbocycles. The van der Waals surface area contributed by atoms with Crippen LogP contribution in [0.3, 0.4) is 0 Å². The molecular weight excluding hydrogens is 266 g/mol. The van der Waals surface area contributed by atoms with Crippen LogP contribution in [0.5, 0.6) is 0 Å². The Morgan fingerprint density at radius 2 is 2.17 bits per heavy atom. The van der Waals surface area contributed by atoms with Crippen molar-refractivity contribution < 1.29 is 8.42 Å². The molecule has 1 saturated heterocycles. The first-order chi connectivity index (χ1) is 8.48. The summed E-state index contributed by atoms with van der Waals surface area (Å²) < 4.78 is 23.2. The Morgan fingerprint density at radius 3 is 2.89 bits per heavy atom. The zero-order valence-corrected chi connectivity index (χ0v) is 12.0. The Morgan fingerprint density at radius 1 is 1.39 bits per heavy atom. The molecule has 5 heteroatoms. The zero-order valence-electron chi connectivity index (χ0n) is 10.3. The normalized spacial score (nSPS) is 33.5. The number of hydrogen-bond donors (Lipinski definition) is 1. The first kappa shape index (κ1) is 12.5. The van der Waals surface area contributed by atoms with Crippen molar-refractivity contribution >= 4 is 21.6 Å². The Kier molecular flexibility index (Phi) is 2.95. The van der Waals surface area contributed by atoms with Crippen molar-refractivity contribution in [2.75, 3.05) is 17.3 Å². The second-order valence-corrected chi connectivity index (χ2v) is 8.69. The van der Waals surface area contributed by atoms with Gasteiger partial charge in [-0.3, -0.25) is 0 Å². The SMILES string of the molecule is CC1(NC2CSc3ccccc32)CCS(=O)(=O)C1. The minimum atomic E-state index is -2.84. The standard InChI is InChI=1S/C13H17NO2S2/c1-13(6-7-18(15,16)9-13)14-11-8-17-12-5-3-2-4-10(11)12/h2-5,11,14H,6-9H2,1H3. The van der Waals surface area contributed by atoms with Crippen LogP contribution in [0.15, 0.2) is 29.2 Å². The van der Waals surface area contributed by atoms with E-state index in [1.54, 1.807) is 0 Å². The van der Waals surface area contributed by atoms with Crippen molar-refractivity contribution in [2.24, 2.45) is 0 Å². The second-order valence-electron chi connectivity index (χ2n) is 5.45. The molecule has 18 heavy (non-hydrogen) atoms. The number of nitrogens with one attached hydrogen (secondary N) is 1. The van der Waals surface area contributed by atoms with Crippen LogP contribution < -0.4 is 5.32 Å². The molecule has 0 spiro atoms. The van der Waals surface area contributed by atoms with E-state index in [4.69, 9.17) is 0 Å². The van der Waals surface area contributed by atoms with Crippen LogP contribution in [0, 0.1) is 0 Å². The minimum Gasteiger partial charge on any atom is -0.303 e. The summed E-state index contributed by atoms with van der Waals surface area (Å²) in [7, 11) is -2.84. The van der Waals surface area contributed by atoms with E-state index in [2.05, 4.69) is 23.5 Å². The summed E-state index contributed by atoms with van der Waals surface area (Å²) >= 11 is 1.85. The van der Waals surface area contributed by atoms with Crippen LogP contribution in [0.1, 0.15) is 24.9 Å². The largest absolute Gasteiger partial charge is 0.303 e. The third kappa shape index (κ3) is 2.31. The first-order valence-corrected chi connectivity index (χ1v) is 8.98. The third-order valence-electron chi connectivity index (χ3n) is 3.73. The van der Waals surface area contributed by atoms with E-state index < -0.39 is 9.84 Å². The monoisotopic (exact) mass is 283 g/mol. The Hall–Kier alpha value is -0.520. The molecule has 3 rings (SSSR count). The summed E-state index contributed by atoms with van der Waals surface area (Å²) in [6.45, 7) is 2.03. The van der Waals surface area contributed by atoms with Gasteiger partial charge >= 0.3 is 0 Å². The summed E-state index contributed by atoms with van der Waals surface area (Å²) in [5.74, 6) is 1.58. The molecule has 1 N–H and O–H groups in total. The van der Waals surface area contributed by atoms with Gasteiger partial charge in [0.1, 0.15) is 0 Å². The molecule has 1 aromatic carbocycles. The molecule has 2 atom stereocenters. The van der Waals surface area contributed by atoms with Crippen molar-refractivity contribution in [3.63, 3.8) is 0 Å². The topological polar surface area (TPSA) is 46.2 Å². The highest BCUT2D eigenvalue weighted by molar-refractivity contribution is 7.99. The van der Waals surface area contributed by atoms with Crippen molar-refractivity contribution in [1.29, 1.82) is 0 Å². The summed E-state index contributed by atoms with van der Waals surface area (Å²) in [4.78, 5) is 1.32. The summed E-state index contributed by atoms with van der Waals surface area (Å²) in [6, 6.07) is 8.66. The van der Waals surface area contributed by atoms with Crippen LogP contribution in [0.25, 0.3) is 0 Å².